The van der Waals surface area contributed by atoms with Crippen molar-refractivity contribution in [1.82, 2.24) is 60.6 Å². The summed E-state index contributed by atoms with van der Waals surface area (Å²) in [7, 11) is 0. The molecule has 3 saturated heterocycles. The topological polar surface area (TPSA) is 277 Å². The van der Waals surface area contributed by atoms with E-state index in [1.807, 2.05) is 164 Å². The molecule has 536 valence electrons. The maximum absolute atomic E-state index is 15.3. The minimum atomic E-state index is -0.937. The summed E-state index contributed by atoms with van der Waals surface area (Å²) in [6.07, 6.45) is 1.60. The van der Waals surface area contributed by atoms with Gasteiger partial charge in [-0.05, 0) is 78.8 Å². The SMILES string of the molecule is Cc1csc([C@H](C(=O)N2C[C@H](OCc3coc([C@H](C(=O)N4C[C@H](OCc5cnc([C@H](C(=O)N6C[C@H](O)C[C@H]6C(=O)NCc6ccc(-c7scnc7C)cc6)C(C)C)s5)C[C@H]4C(=O)NCc4ccc(-c5scnc5C)cc4)C(C)C)n3)C[C@H]2C(=O)NCc2ccc(-c3scnc3C)cc2)C(C)C)n1. The predicted molar refractivity (Wildman–Crippen MR) is 394 cm³/mol. The van der Waals surface area contributed by atoms with Crippen molar-refractivity contribution in [2.45, 2.75) is 176 Å². The molecule has 0 radical (unpaired) electrons. The Bertz CT molecular complexity index is 4410. The maximum atomic E-state index is 15.3. The number of aromatic nitrogens is 6. The van der Waals surface area contributed by atoms with Crippen molar-refractivity contribution >= 4 is 92.1 Å². The van der Waals surface area contributed by atoms with Gasteiger partial charge in [-0.15, -0.1) is 56.7 Å². The number of oxazole rings is 1. The van der Waals surface area contributed by atoms with Crippen molar-refractivity contribution in [1.29, 1.82) is 0 Å². The van der Waals surface area contributed by atoms with E-state index >= 15 is 4.79 Å². The van der Waals surface area contributed by atoms with Gasteiger partial charge in [0.1, 0.15) is 46.0 Å². The fraction of sp³-hybridized carbons (Fsp3) is 0.440. The molecule has 102 heavy (non-hydrogen) atoms. The molecular formula is C75H86N12O10S5. The zero-order chi connectivity index (χ0) is 72.0. The third kappa shape index (κ3) is 16.8. The van der Waals surface area contributed by atoms with Gasteiger partial charge in [-0.1, -0.05) is 114 Å². The molecule has 3 aliphatic heterocycles. The Kier molecular flexibility index (Phi) is 23.5. The number of nitrogens with zero attached hydrogens (tertiary/aromatic N) is 9. The molecule has 0 aliphatic carbocycles. The van der Waals surface area contributed by atoms with E-state index in [-0.39, 0.29) is 131 Å². The van der Waals surface area contributed by atoms with Crippen LogP contribution in [0.15, 0.2) is 112 Å². The molecule has 6 amide bonds. The number of likely N-dealkylation sites (tertiary alicyclic amines) is 3. The van der Waals surface area contributed by atoms with Gasteiger partial charge in [0.25, 0.3) is 0 Å². The molecule has 3 fully saturated rings. The molecule has 22 nitrogen and oxygen atoms in total. The highest BCUT2D eigenvalue weighted by Gasteiger charge is 2.47. The lowest BCUT2D eigenvalue weighted by Crippen LogP contribution is -2.48. The minimum absolute atomic E-state index is 0.00701. The second-order valence-electron chi connectivity index (χ2n) is 27.6. The summed E-state index contributed by atoms with van der Waals surface area (Å²) in [6, 6.07) is 21.2. The van der Waals surface area contributed by atoms with Gasteiger partial charge in [0.05, 0.1) is 96.5 Å². The number of aliphatic hydroxyl groups excluding tert-OH is 1. The van der Waals surface area contributed by atoms with E-state index in [4.69, 9.17) is 28.8 Å². The van der Waals surface area contributed by atoms with Crippen LogP contribution in [-0.4, -0.2) is 141 Å². The highest BCUT2D eigenvalue weighted by Crippen LogP contribution is 2.39. The molecule has 3 aromatic carbocycles. The molecule has 9 aromatic rings. The van der Waals surface area contributed by atoms with Crippen LogP contribution in [0.3, 0.4) is 0 Å². The first-order chi connectivity index (χ1) is 49.0. The standard InChI is InChI=1S/C75H86N12O10S5/c1-40(2)61(70-84-53(34-97-70)33-95-55-24-60(87(31-55)75(94)63(42(5)6)72-83-43(7)36-98-72)69(91)78-28-49-15-21-52(22-16-49)66-46(10)82-39-101-66)73(92)86-32-56(25-59(86)68(90)77-27-48-13-19-51(20-14-48)65-45(9)81-38-100-65)96-35-57-29-79-71(102-57)62(41(3)4)74(93)85-30-54(88)23-58(85)67(89)76-26-47-11-17-50(18-12-47)64-44(8)80-37-99-64/h11-22,29,34,36-42,54-56,58-63,88H,23-28,30-33,35H2,1-10H3,(H,76,89)(H,77,90)(H,78,91)/t54-,55-,56-,58+,59+,60+,61-,62-,63-/m1/s1. The van der Waals surface area contributed by atoms with E-state index in [1.54, 1.807) is 50.0 Å². The number of carbonyl (C=O) groups is 6. The van der Waals surface area contributed by atoms with Gasteiger partial charge < -0.3 is 49.6 Å². The van der Waals surface area contributed by atoms with Crippen molar-refractivity contribution < 1.29 is 47.8 Å². The van der Waals surface area contributed by atoms with Crippen LogP contribution < -0.4 is 16.0 Å². The van der Waals surface area contributed by atoms with E-state index in [0.29, 0.717) is 15.7 Å². The number of ether oxygens (including phenoxy) is 2. The predicted octanol–water partition coefficient (Wildman–Crippen LogP) is 11.7. The molecule has 27 heteroatoms. The number of hydrogen-bond donors (Lipinski definition) is 4. The van der Waals surface area contributed by atoms with Gasteiger partial charge in [-0.3, -0.25) is 28.8 Å². The third-order valence-electron chi connectivity index (χ3n) is 19.1. The van der Waals surface area contributed by atoms with Crippen LogP contribution in [0, 0.1) is 45.4 Å². The van der Waals surface area contributed by atoms with E-state index in [1.165, 1.54) is 33.8 Å². The van der Waals surface area contributed by atoms with Crippen LogP contribution in [0.4, 0.5) is 0 Å². The van der Waals surface area contributed by atoms with Gasteiger partial charge >= 0.3 is 0 Å². The van der Waals surface area contributed by atoms with Crippen LogP contribution in [0.25, 0.3) is 31.3 Å². The molecule has 0 unspecified atom stereocenters. The van der Waals surface area contributed by atoms with Gasteiger partial charge in [0.2, 0.25) is 41.3 Å². The molecule has 0 spiro atoms. The molecule has 0 saturated carbocycles. The van der Waals surface area contributed by atoms with Crippen molar-refractivity contribution in [2.75, 3.05) is 19.6 Å². The lowest BCUT2D eigenvalue weighted by atomic mass is 9.93. The van der Waals surface area contributed by atoms with Crippen molar-refractivity contribution in [3.05, 3.63) is 173 Å². The van der Waals surface area contributed by atoms with E-state index in [9.17, 15) is 29.1 Å². The second kappa shape index (κ2) is 32.6. The smallest absolute Gasteiger partial charge is 0.243 e. The van der Waals surface area contributed by atoms with Crippen LogP contribution in [0.1, 0.15) is 145 Å². The molecule has 12 rings (SSSR count). The van der Waals surface area contributed by atoms with Gasteiger partial charge in [-0.25, -0.2) is 29.9 Å². The van der Waals surface area contributed by atoms with Crippen molar-refractivity contribution in [3.8, 4) is 31.3 Å². The number of aliphatic hydroxyl groups is 1. The van der Waals surface area contributed by atoms with Gasteiger partial charge in [0, 0.05) is 75.8 Å². The molecule has 4 N–H and O–H groups in total. The third-order valence-corrected chi connectivity index (χ3v) is 24.2. The number of benzene rings is 3. The van der Waals surface area contributed by atoms with Gasteiger partial charge in [-0.2, -0.15) is 0 Å². The lowest BCUT2D eigenvalue weighted by Gasteiger charge is -2.29. The van der Waals surface area contributed by atoms with Crippen LogP contribution >= 0.6 is 56.7 Å². The Morgan fingerprint density at radius 1 is 0.520 bits per heavy atom. The average Bonchev–Trinajstić information content (AvgIpc) is 1.65. The fourth-order valence-electron chi connectivity index (χ4n) is 13.7. The van der Waals surface area contributed by atoms with Crippen LogP contribution in [0.5, 0.6) is 0 Å². The number of carbonyl (C=O) groups excluding carboxylic acids is 6. The monoisotopic (exact) mass is 1470 g/mol. The minimum Gasteiger partial charge on any atom is -0.448 e. The number of rotatable bonds is 27. The quantitative estimate of drug-likeness (QED) is 0.0372. The summed E-state index contributed by atoms with van der Waals surface area (Å²) in [6.45, 7) is 20.4. The summed E-state index contributed by atoms with van der Waals surface area (Å²) in [5, 5.41) is 23.3. The van der Waals surface area contributed by atoms with E-state index in [0.717, 1.165) is 75.7 Å². The van der Waals surface area contributed by atoms with Crippen LogP contribution in [-0.2, 0) is 71.1 Å². The number of β-amino-alcohol motifs (C(OH)–C–C–N with tert-alkyl or cyclic N) is 1. The first-order valence-electron chi connectivity index (χ1n) is 34.5. The number of nitrogens with one attached hydrogen (secondary N) is 3. The summed E-state index contributed by atoms with van der Waals surface area (Å²) >= 11 is 7.47. The van der Waals surface area contributed by atoms with E-state index < -0.39 is 54.2 Å². The largest absolute Gasteiger partial charge is 0.448 e. The summed E-state index contributed by atoms with van der Waals surface area (Å²) in [5.74, 6) is -4.63. The zero-order valence-electron chi connectivity index (χ0n) is 58.8. The lowest BCUT2D eigenvalue weighted by molar-refractivity contribution is -0.141. The fourth-order valence-corrected chi connectivity index (χ4v) is 18.3. The van der Waals surface area contributed by atoms with Gasteiger partial charge in [0.15, 0.2) is 0 Å². The molecule has 0 bridgehead atoms. The molecule has 9 heterocycles. The molecular weight excluding hydrogens is 1390 g/mol. The number of thiazole rings is 5. The Labute approximate surface area is 613 Å². The summed E-state index contributed by atoms with van der Waals surface area (Å²) < 4.78 is 19.3. The normalized spacial score (nSPS) is 19.3. The first kappa shape index (κ1) is 73.5. The highest BCUT2D eigenvalue weighted by molar-refractivity contribution is 7.14. The Morgan fingerprint density at radius 2 is 0.931 bits per heavy atom. The zero-order valence-corrected chi connectivity index (χ0v) is 62.9. The Hall–Kier alpha value is -8.28. The molecule has 3 aliphatic rings. The van der Waals surface area contributed by atoms with Crippen molar-refractivity contribution in [3.63, 3.8) is 0 Å². The molecule has 6 aromatic heterocycles. The van der Waals surface area contributed by atoms with Crippen LogP contribution in [0.2, 0.25) is 0 Å². The second-order valence-corrected chi connectivity index (χ2v) is 32.2. The Balaban J connectivity index is 0.715. The highest BCUT2D eigenvalue weighted by atomic mass is 32.1. The molecule has 9 atom stereocenters. The summed E-state index contributed by atoms with van der Waals surface area (Å²) in [4.78, 5) is 124. The average molecular weight is 1480 g/mol. The number of hydrogen-bond acceptors (Lipinski definition) is 21. The van der Waals surface area contributed by atoms with Crippen molar-refractivity contribution in [2.24, 2.45) is 17.8 Å². The number of amides is 6. The number of aryl methyl sites for hydroxylation is 4. The Morgan fingerprint density at radius 3 is 1.34 bits per heavy atom. The first-order valence-corrected chi connectivity index (χ1v) is 38.8. The van der Waals surface area contributed by atoms with E-state index in [2.05, 4.69) is 30.9 Å². The maximum Gasteiger partial charge on any atom is 0.243 e. The summed E-state index contributed by atoms with van der Waals surface area (Å²) in [5.41, 5.74) is 15.3.